The Balaban J connectivity index is 1.89. The maximum absolute atomic E-state index is 13.4. The summed E-state index contributed by atoms with van der Waals surface area (Å²) in [6, 6.07) is 12.4. The lowest BCUT2D eigenvalue weighted by Gasteiger charge is -2.32. The highest BCUT2D eigenvalue weighted by Gasteiger charge is 2.43. The van der Waals surface area contributed by atoms with E-state index in [1.54, 1.807) is 13.0 Å². The number of hydrogen-bond acceptors (Lipinski definition) is 5. The van der Waals surface area contributed by atoms with Crippen LogP contribution in [-0.2, 0) is 26.2 Å². The summed E-state index contributed by atoms with van der Waals surface area (Å²) in [6.07, 6.45) is 0. The Labute approximate surface area is 194 Å². The van der Waals surface area contributed by atoms with E-state index < -0.39 is 40.0 Å². The minimum atomic E-state index is -4.14. The molecule has 0 bridgehead atoms. The number of amides is 3. The molecule has 1 aliphatic heterocycles. The van der Waals surface area contributed by atoms with Crippen LogP contribution in [-0.4, -0.2) is 53.5 Å². The zero-order chi connectivity index (χ0) is 24.6. The first-order valence-corrected chi connectivity index (χ1v) is 12.1. The third-order valence-electron chi connectivity index (χ3n) is 5.33. The highest BCUT2D eigenvalue weighted by molar-refractivity contribution is 7.90. The Morgan fingerprint density at radius 2 is 1.67 bits per heavy atom. The molecule has 3 rings (SSSR count). The Kier molecular flexibility index (Phi) is 6.65. The van der Waals surface area contributed by atoms with Crippen molar-refractivity contribution in [3.8, 4) is 0 Å². The average molecular weight is 472 g/mol. The molecule has 0 saturated heterocycles. The molecule has 33 heavy (non-hydrogen) atoms. The van der Waals surface area contributed by atoms with Gasteiger partial charge in [0.05, 0.1) is 5.56 Å². The zero-order valence-corrected chi connectivity index (χ0v) is 20.3. The van der Waals surface area contributed by atoms with Crippen LogP contribution in [0, 0.1) is 6.92 Å². The van der Waals surface area contributed by atoms with Crippen molar-refractivity contribution in [1.29, 1.82) is 0 Å². The molecular formula is C24H29N3O5S. The molecule has 8 nitrogen and oxygen atoms in total. The van der Waals surface area contributed by atoms with Crippen LogP contribution in [0.25, 0.3) is 0 Å². The molecule has 0 aliphatic carbocycles. The fourth-order valence-electron chi connectivity index (χ4n) is 3.55. The van der Waals surface area contributed by atoms with Crippen LogP contribution in [0.15, 0.2) is 53.4 Å². The number of nitrogens with one attached hydrogen (secondary N) is 1. The molecule has 2 aromatic rings. The molecule has 3 amide bonds. The van der Waals surface area contributed by atoms with Gasteiger partial charge in [0.2, 0.25) is 11.8 Å². The van der Waals surface area contributed by atoms with E-state index in [-0.39, 0.29) is 22.9 Å². The average Bonchev–Trinajstić information content (AvgIpc) is 2.92. The van der Waals surface area contributed by atoms with Gasteiger partial charge in [0.25, 0.3) is 15.9 Å². The smallest absolute Gasteiger partial charge is 0.269 e. The van der Waals surface area contributed by atoms with Gasteiger partial charge in [-0.15, -0.1) is 0 Å². The van der Waals surface area contributed by atoms with Gasteiger partial charge in [-0.05, 0) is 52.3 Å². The van der Waals surface area contributed by atoms with E-state index >= 15 is 0 Å². The maximum Gasteiger partial charge on any atom is 0.269 e. The van der Waals surface area contributed by atoms with Crippen LogP contribution in [0.1, 0.15) is 49.2 Å². The number of hydrogen-bond donors (Lipinski definition) is 1. The summed E-state index contributed by atoms with van der Waals surface area (Å²) in [6.45, 7) is 8.42. The summed E-state index contributed by atoms with van der Waals surface area (Å²) in [7, 11) is -4.14. The number of carbonyl (C=O) groups is 3. The Morgan fingerprint density at radius 1 is 1.06 bits per heavy atom. The van der Waals surface area contributed by atoms with Crippen molar-refractivity contribution in [3.05, 3.63) is 65.2 Å². The highest BCUT2D eigenvalue weighted by atomic mass is 32.2. The topological polar surface area (TPSA) is 104 Å². The number of rotatable bonds is 6. The van der Waals surface area contributed by atoms with Crippen LogP contribution in [0.4, 0.5) is 0 Å². The lowest BCUT2D eigenvalue weighted by Crippen LogP contribution is -2.54. The van der Waals surface area contributed by atoms with Crippen molar-refractivity contribution < 1.29 is 22.8 Å². The summed E-state index contributed by atoms with van der Waals surface area (Å²) < 4.78 is 26.4. The van der Waals surface area contributed by atoms with Crippen molar-refractivity contribution in [1.82, 2.24) is 14.5 Å². The molecule has 0 saturated carbocycles. The molecular weight excluding hydrogens is 442 g/mol. The van der Waals surface area contributed by atoms with E-state index in [9.17, 15) is 22.8 Å². The second-order valence-electron chi connectivity index (χ2n) is 9.24. The van der Waals surface area contributed by atoms with Crippen LogP contribution in [0.5, 0.6) is 0 Å². The number of benzene rings is 2. The maximum atomic E-state index is 13.4. The minimum absolute atomic E-state index is 0.0360. The van der Waals surface area contributed by atoms with E-state index in [4.69, 9.17) is 0 Å². The first-order chi connectivity index (χ1) is 15.3. The van der Waals surface area contributed by atoms with E-state index in [1.165, 1.54) is 23.1 Å². The molecule has 1 N–H and O–H groups in total. The first kappa shape index (κ1) is 24.4. The molecule has 2 aromatic carbocycles. The summed E-state index contributed by atoms with van der Waals surface area (Å²) in [5.74, 6) is -1.76. The molecule has 0 radical (unpaired) electrons. The number of carbonyl (C=O) groups excluding carboxylic acids is 3. The van der Waals surface area contributed by atoms with Crippen molar-refractivity contribution in [2.75, 3.05) is 6.54 Å². The number of sulfonamides is 1. The largest absolute Gasteiger partial charge is 0.350 e. The Morgan fingerprint density at radius 3 is 2.24 bits per heavy atom. The molecule has 1 aliphatic rings. The van der Waals surface area contributed by atoms with Crippen molar-refractivity contribution >= 4 is 27.7 Å². The quantitative estimate of drug-likeness (QED) is 0.697. The number of fused-ring (bicyclic) bond motifs is 1. The standard InChI is InChI=1S/C24H29N3O5S/c1-16-10-12-18(13-11-16)14-26(17(2)22(29)25-24(3,4)5)21(28)15-27-23(30)19-8-6-7-9-20(19)33(27,31)32/h6-13,17H,14-15H2,1-5H3,(H,25,29)/t17-/m0/s1. The van der Waals surface area contributed by atoms with Crippen LogP contribution in [0.2, 0.25) is 0 Å². The molecule has 1 heterocycles. The molecule has 0 aromatic heterocycles. The van der Waals surface area contributed by atoms with Gasteiger partial charge in [-0.25, -0.2) is 12.7 Å². The monoisotopic (exact) mass is 471 g/mol. The summed E-state index contributed by atoms with van der Waals surface area (Å²) in [5.41, 5.74) is 1.35. The number of aryl methyl sites for hydroxylation is 1. The van der Waals surface area contributed by atoms with Crippen molar-refractivity contribution in [2.45, 2.75) is 57.6 Å². The first-order valence-electron chi connectivity index (χ1n) is 10.6. The Bertz CT molecular complexity index is 1180. The van der Waals surface area contributed by atoms with Gasteiger partial charge in [0, 0.05) is 12.1 Å². The van der Waals surface area contributed by atoms with E-state index in [0.717, 1.165) is 11.1 Å². The van der Waals surface area contributed by atoms with Gasteiger partial charge in [-0.1, -0.05) is 42.0 Å². The van der Waals surface area contributed by atoms with Gasteiger partial charge < -0.3 is 10.2 Å². The number of nitrogens with zero attached hydrogens (tertiary/aromatic N) is 2. The fraction of sp³-hybridized carbons (Fsp3) is 0.375. The normalized spacial score (nSPS) is 15.7. The van der Waals surface area contributed by atoms with Gasteiger partial charge >= 0.3 is 0 Å². The van der Waals surface area contributed by atoms with Gasteiger partial charge in [-0.3, -0.25) is 14.4 Å². The summed E-state index contributed by atoms with van der Waals surface area (Å²) in [5, 5.41) is 2.85. The molecule has 0 unspecified atom stereocenters. The van der Waals surface area contributed by atoms with E-state index in [2.05, 4.69) is 5.32 Å². The second-order valence-corrected chi connectivity index (χ2v) is 11.1. The van der Waals surface area contributed by atoms with Gasteiger partial charge in [0.1, 0.15) is 17.5 Å². The molecule has 176 valence electrons. The third kappa shape index (κ3) is 5.24. The van der Waals surface area contributed by atoms with Crippen LogP contribution >= 0.6 is 0 Å². The fourth-order valence-corrected chi connectivity index (χ4v) is 5.07. The third-order valence-corrected chi connectivity index (χ3v) is 7.12. The Hall–Kier alpha value is -3.20. The molecule has 1 atom stereocenters. The second kappa shape index (κ2) is 8.97. The van der Waals surface area contributed by atoms with Gasteiger partial charge in [0.15, 0.2) is 0 Å². The lowest BCUT2D eigenvalue weighted by atomic mass is 10.1. The summed E-state index contributed by atoms with van der Waals surface area (Å²) in [4.78, 5) is 40.1. The predicted molar refractivity (Wildman–Crippen MR) is 124 cm³/mol. The zero-order valence-electron chi connectivity index (χ0n) is 19.5. The van der Waals surface area contributed by atoms with Crippen molar-refractivity contribution in [2.24, 2.45) is 0 Å². The molecule has 0 spiro atoms. The van der Waals surface area contributed by atoms with Crippen molar-refractivity contribution in [3.63, 3.8) is 0 Å². The highest BCUT2D eigenvalue weighted by Crippen LogP contribution is 2.30. The molecule has 0 fully saturated rings. The van der Waals surface area contributed by atoms with Crippen LogP contribution in [0.3, 0.4) is 0 Å². The lowest BCUT2D eigenvalue weighted by molar-refractivity contribution is -0.141. The SMILES string of the molecule is Cc1ccc(CN(C(=O)CN2C(=O)c3ccccc3S2(=O)=O)[C@@H](C)C(=O)NC(C)(C)C)cc1. The van der Waals surface area contributed by atoms with E-state index in [0.29, 0.717) is 4.31 Å². The minimum Gasteiger partial charge on any atom is -0.350 e. The summed E-state index contributed by atoms with van der Waals surface area (Å²) >= 11 is 0. The van der Waals surface area contributed by atoms with E-state index in [1.807, 2.05) is 52.0 Å². The van der Waals surface area contributed by atoms with Crippen LogP contribution < -0.4 is 5.32 Å². The van der Waals surface area contributed by atoms with Gasteiger partial charge in [-0.2, -0.15) is 0 Å². The predicted octanol–water partition coefficient (Wildman–Crippen LogP) is 2.47. The molecule has 9 heteroatoms.